The number of carbonyl (C=O) groups is 1. The monoisotopic (exact) mass is 520 g/mol. The minimum absolute atomic E-state index is 0. The Labute approximate surface area is 197 Å². The van der Waals surface area contributed by atoms with Crippen molar-refractivity contribution in [3.63, 3.8) is 0 Å². The number of aliphatic imine (C=N–C) groups is 1. The standard InChI is InChI=1S/C24H32N4O.HI/c1-4-19-7-11-21(12-8-19)17-27(3)24(25-2)26-16-20-9-13-22(14-10-20)18-28-15-5-6-23(28)29;/h7-14H,4-6,15-18H2,1-3H3,(H,25,26);1H. The number of benzene rings is 2. The van der Waals surface area contributed by atoms with E-state index in [0.29, 0.717) is 19.5 Å². The highest BCUT2D eigenvalue weighted by molar-refractivity contribution is 14.0. The molecule has 1 aliphatic rings. The van der Waals surface area contributed by atoms with Crippen LogP contribution in [-0.2, 0) is 30.8 Å². The molecular formula is C24H33IN4O. The van der Waals surface area contributed by atoms with Crippen LogP contribution in [0.3, 0.4) is 0 Å². The van der Waals surface area contributed by atoms with Gasteiger partial charge < -0.3 is 15.1 Å². The molecule has 1 fully saturated rings. The molecule has 2 aromatic rings. The Morgan fingerprint density at radius 3 is 2.20 bits per heavy atom. The molecule has 5 nitrogen and oxygen atoms in total. The minimum atomic E-state index is 0. The van der Waals surface area contributed by atoms with Crippen molar-refractivity contribution in [3.05, 3.63) is 70.8 Å². The van der Waals surface area contributed by atoms with E-state index in [-0.39, 0.29) is 29.9 Å². The van der Waals surface area contributed by atoms with Gasteiger partial charge in [-0.1, -0.05) is 55.5 Å². The number of hydrogen-bond donors (Lipinski definition) is 1. The first-order chi connectivity index (χ1) is 14.1. The Morgan fingerprint density at radius 2 is 1.63 bits per heavy atom. The van der Waals surface area contributed by atoms with E-state index in [4.69, 9.17) is 0 Å². The second kappa shape index (κ2) is 11.9. The maximum absolute atomic E-state index is 11.8. The maximum atomic E-state index is 11.8. The average molecular weight is 520 g/mol. The molecule has 1 heterocycles. The lowest BCUT2D eigenvalue weighted by Crippen LogP contribution is -2.38. The van der Waals surface area contributed by atoms with Crippen molar-refractivity contribution in [2.24, 2.45) is 4.99 Å². The number of halogens is 1. The highest BCUT2D eigenvalue weighted by Gasteiger charge is 2.19. The summed E-state index contributed by atoms with van der Waals surface area (Å²) in [6, 6.07) is 17.2. The number of nitrogens with zero attached hydrogens (tertiary/aromatic N) is 3. The van der Waals surface area contributed by atoms with Crippen LogP contribution in [0.2, 0.25) is 0 Å². The van der Waals surface area contributed by atoms with Gasteiger partial charge in [-0.3, -0.25) is 9.79 Å². The zero-order valence-corrected chi connectivity index (χ0v) is 20.6. The number of guanidine groups is 1. The van der Waals surface area contributed by atoms with Crippen molar-refractivity contribution >= 4 is 35.8 Å². The van der Waals surface area contributed by atoms with E-state index >= 15 is 0 Å². The van der Waals surface area contributed by atoms with Crippen molar-refractivity contribution in [1.29, 1.82) is 0 Å². The lowest BCUT2D eigenvalue weighted by Gasteiger charge is -2.22. The normalized spacial score (nSPS) is 13.9. The van der Waals surface area contributed by atoms with Crippen LogP contribution in [-0.4, -0.2) is 42.3 Å². The molecule has 6 heteroatoms. The molecule has 2 aromatic carbocycles. The molecule has 30 heavy (non-hydrogen) atoms. The fourth-order valence-electron chi connectivity index (χ4n) is 3.65. The fourth-order valence-corrected chi connectivity index (χ4v) is 3.65. The number of hydrogen-bond acceptors (Lipinski definition) is 2. The van der Waals surface area contributed by atoms with Gasteiger partial charge in [-0.2, -0.15) is 0 Å². The lowest BCUT2D eigenvalue weighted by atomic mass is 10.1. The molecule has 1 amide bonds. The Morgan fingerprint density at radius 1 is 1.03 bits per heavy atom. The highest BCUT2D eigenvalue weighted by atomic mass is 127. The van der Waals surface area contributed by atoms with Crippen molar-refractivity contribution in [2.45, 2.75) is 45.8 Å². The number of amides is 1. The average Bonchev–Trinajstić information content (AvgIpc) is 3.14. The van der Waals surface area contributed by atoms with Crippen LogP contribution < -0.4 is 5.32 Å². The lowest BCUT2D eigenvalue weighted by molar-refractivity contribution is -0.128. The van der Waals surface area contributed by atoms with Crippen LogP contribution in [0.5, 0.6) is 0 Å². The van der Waals surface area contributed by atoms with Gasteiger partial charge in [0.05, 0.1) is 0 Å². The first-order valence-electron chi connectivity index (χ1n) is 10.4. The zero-order valence-electron chi connectivity index (χ0n) is 18.2. The van der Waals surface area contributed by atoms with Crippen LogP contribution in [0.4, 0.5) is 0 Å². The molecule has 3 rings (SSSR count). The van der Waals surface area contributed by atoms with Crippen LogP contribution in [0.15, 0.2) is 53.5 Å². The summed E-state index contributed by atoms with van der Waals surface area (Å²) >= 11 is 0. The van der Waals surface area contributed by atoms with Gasteiger partial charge in [0, 0.05) is 46.7 Å². The number of rotatable bonds is 7. The minimum Gasteiger partial charge on any atom is -0.352 e. The zero-order chi connectivity index (χ0) is 20.6. The Hall–Kier alpha value is -2.09. The van der Waals surface area contributed by atoms with E-state index in [0.717, 1.165) is 31.9 Å². The summed E-state index contributed by atoms with van der Waals surface area (Å²) in [6.07, 6.45) is 2.74. The molecule has 0 aromatic heterocycles. The van der Waals surface area contributed by atoms with Gasteiger partial charge in [-0.15, -0.1) is 24.0 Å². The number of carbonyl (C=O) groups excluding carboxylic acids is 1. The van der Waals surface area contributed by atoms with Gasteiger partial charge in [0.15, 0.2) is 5.96 Å². The largest absolute Gasteiger partial charge is 0.352 e. The van der Waals surface area contributed by atoms with E-state index in [9.17, 15) is 4.79 Å². The van der Waals surface area contributed by atoms with E-state index in [1.807, 2.05) is 11.9 Å². The van der Waals surface area contributed by atoms with E-state index < -0.39 is 0 Å². The van der Waals surface area contributed by atoms with E-state index in [2.05, 4.69) is 77.7 Å². The highest BCUT2D eigenvalue weighted by Crippen LogP contribution is 2.15. The summed E-state index contributed by atoms with van der Waals surface area (Å²) in [4.78, 5) is 20.3. The summed E-state index contributed by atoms with van der Waals surface area (Å²) in [6.45, 7) is 5.30. The quantitative estimate of drug-likeness (QED) is 0.339. The Balaban J connectivity index is 0.00000320. The van der Waals surface area contributed by atoms with Crippen molar-refractivity contribution in [3.8, 4) is 0 Å². The number of nitrogens with one attached hydrogen (secondary N) is 1. The number of likely N-dealkylation sites (tertiary alicyclic amines) is 1. The molecular weight excluding hydrogens is 487 g/mol. The van der Waals surface area contributed by atoms with Crippen molar-refractivity contribution < 1.29 is 4.79 Å². The molecule has 1 aliphatic heterocycles. The SMILES string of the molecule is CCc1ccc(CN(C)C(=NC)NCc2ccc(CN3CCCC3=O)cc2)cc1.I. The number of aryl methyl sites for hydroxylation is 1. The molecule has 1 saturated heterocycles. The molecule has 0 radical (unpaired) electrons. The van der Waals surface area contributed by atoms with Crippen LogP contribution in [0, 0.1) is 0 Å². The molecule has 0 bridgehead atoms. The predicted octanol–water partition coefficient (Wildman–Crippen LogP) is 4.20. The van der Waals surface area contributed by atoms with E-state index in [1.54, 1.807) is 0 Å². The van der Waals surface area contributed by atoms with Crippen molar-refractivity contribution in [1.82, 2.24) is 15.1 Å². The first-order valence-corrected chi connectivity index (χ1v) is 10.4. The summed E-state index contributed by atoms with van der Waals surface area (Å²) in [7, 11) is 3.87. The third-order valence-electron chi connectivity index (χ3n) is 5.44. The van der Waals surface area contributed by atoms with Gasteiger partial charge >= 0.3 is 0 Å². The molecule has 0 unspecified atom stereocenters. The second-order valence-electron chi connectivity index (χ2n) is 7.66. The summed E-state index contributed by atoms with van der Waals surface area (Å²) in [5.74, 6) is 1.14. The van der Waals surface area contributed by atoms with Crippen LogP contribution in [0.1, 0.15) is 42.0 Å². The van der Waals surface area contributed by atoms with Gasteiger partial charge in [0.25, 0.3) is 0 Å². The smallest absolute Gasteiger partial charge is 0.222 e. The maximum Gasteiger partial charge on any atom is 0.222 e. The molecule has 0 atom stereocenters. The molecule has 0 aliphatic carbocycles. The summed E-state index contributed by atoms with van der Waals surface area (Å²) in [5, 5.41) is 3.44. The third-order valence-corrected chi connectivity index (χ3v) is 5.44. The van der Waals surface area contributed by atoms with Gasteiger partial charge in [0.1, 0.15) is 0 Å². The molecule has 162 valence electrons. The summed E-state index contributed by atoms with van der Waals surface area (Å²) < 4.78 is 0. The fraction of sp³-hybridized carbons (Fsp3) is 0.417. The summed E-state index contributed by atoms with van der Waals surface area (Å²) in [5.41, 5.74) is 5.01. The van der Waals surface area contributed by atoms with Gasteiger partial charge in [-0.25, -0.2) is 0 Å². The van der Waals surface area contributed by atoms with Gasteiger partial charge in [0.2, 0.25) is 5.91 Å². The molecule has 1 N–H and O–H groups in total. The van der Waals surface area contributed by atoms with Crippen LogP contribution in [0.25, 0.3) is 0 Å². The third kappa shape index (κ3) is 6.72. The van der Waals surface area contributed by atoms with Crippen LogP contribution >= 0.6 is 24.0 Å². The topological polar surface area (TPSA) is 47.9 Å². The predicted molar refractivity (Wildman–Crippen MR) is 134 cm³/mol. The Kier molecular flexibility index (Phi) is 9.62. The second-order valence-corrected chi connectivity index (χ2v) is 7.66. The van der Waals surface area contributed by atoms with Gasteiger partial charge in [-0.05, 0) is 35.1 Å². The first kappa shape index (κ1) is 24.2. The molecule has 0 spiro atoms. The van der Waals surface area contributed by atoms with E-state index in [1.165, 1.54) is 22.3 Å². The molecule has 0 saturated carbocycles. The Bertz CT molecular complexity index is 833. The van der Waals surface area contributed by atoms with Crippen molar-refractivity contribution in [2.75, 3.05) is 20.6 Å².